The summed E-state index contributed by atoms with van der Waals surface area (Å²) < 4.78 is 39.0. The van der Waals surface area contributed by atoms with E-state index in [9.17, 15) is 17.3 Å². The summed E-state index contributed by atoms with van der Waals surface area (Å²) in [5.74, 6) is 0. The third-order valence-corrected chi connectivity index (χ3v) is 5.20. The average Bonchev–Trinajstić information content (AvgIpc) is 2.76. The van der Waals surface area contributed by atoms with Crippen LogP contribution in [0.25, 0.3) is 0 Å². The van der Waals surface area contributed by atoms with Crippen molar-refractivity contribution >= 4 is 35.3 Å². The van der Waals surface area contributed by atoms with Crippen molar-refractivity contribution in [1.82, 2.24) is 0 Å². The maximum absolute atomic E-state index is 9.75. The first-order chi connectivity index (χ1) is 14.4. The highest BCUT2D eigenvalue weighted by Crippen LogP contribution is 2.09. The molecule has 0 bridgehead atoms. The van der Waals surface area contributed by atoms with Crippen LogP contribution in [-0.2, 0) is 0 Å². The molecule has 0 aliphatic heterocycles. The molecule has 0 unspecified atom stereocenters. The summed E-state index contributed by atoms with van der Waals surface area (Å²) in [5.41, 5.74) is 5.36. The topological polar surface area (TPSA) is 0 Å². The molecule has 0 nitrogen and oxygen atoms in total. The fourth-order valence-corrected chi connectivity index (χ4v) is 4.12. The summed E-state index contributed by atoms with van der Waals surface area (Å²) in [6.07, 6.45) is -1.22. The summed E-state index contributed by atoms with van der Waals surface area (Å²) in [5, 5.41) is 0. The third-order valence-electron chi connectivity index (χ3n) is 5.20. The SMILES string of the molecule is F[B-](F)(F)F.c1ccc([B-](c2ccccc2)(c2ccccc2)c2ccccc2)cc1. The van der Waals surface area contributed by atoms with Crippen LogP contribution in [0, 0.1) is 0 Å². The van der Waals surface area contributed by atoms with E-state index in [0.717, 1.165) is 0 Å². The van der Waals surface area contributed by atoms with Gasteiger partial charge in [-0.05, 0) is 0 Å². The van der Waals surface area contributed by atoms with Gasteiger partial charge in [-0.3, -0.25) is 0 Å². The lowest BCUT2D eigenvalue weighted by Gasteiger charge is -2.44. The van der Waals surface area contributed by atoms with E-state index in [4.69, 9.17) is 0 Å². The molecular weight excluding hydrogens is 386 g/mol. The van der Waals surface area contributed by atoms with E-state index in [1.807, 2.05) is 0 Å². The number of hydrogen-bond acceptors (Lipinski definition) is 0. The van der Waals surface area contributed by atoms with Gasteiger partial charge in [0.2, 0.25) is 0 Å². The van der Waals surface area contributed by atoms with Gasteiger partial charge < -0.3 is 17.3 Å². The van der Waals surface area contributed by atoms with E-state index >= 15 is 0 Å². The van der Waals surface area contributed by atoms with E-state index < -0.39 is 13.4 Å². The largest absolute Gasteiger partial charge is 0.673 e. The van der Waals surface area contributed by atoms with Gasteiger partial charge in [-0.15, -0.1) is 0 Å². The van der Waals surface area contributed by atoms with Crippen LogP contribution in [0.2, 0.25) is 0 Å². The molecule has 0 N–H and O–H groups in total. The van der Waals surface area contributed by atoms with Crippen LogP contribution in [0.3, 0.4) is 0 Å². The highest BCUT2D eigenvalue weighted by molar-refractivity contribution is 7.19. The van der Waals surface area contributed by atoms with E-state index in [-0.39, 0.29) is 0 Å². The Morgan fingerprint density at radius 3 is 0.667 bits per heavy atom. The highest BCUT2D eigenvalue weighted by atomic mass is 19.5. The van der Waals surface area contributed by atoms with Crippen LogP contribution >= 0.6 is 0 Å². The molecule has 0 atom stereocenters. The lowest BCUT2D eigenvalue weighted by molar-refractivity contribution is 0.368. The smallest absolute Gasteiger partial charge is 0.418 e. The van der Waals surface area contributed by atoms with Gasteiger partial charge in [0.05, 0.1) is 0 Å². The molecule has 0 aliphatic rings. The normalized spacial score (nSPS) is 11.3. The van der Waals surface area contributed by atoms with Crippen LogP contribution in [-0.4, -0.2) is 13.4 Å². The van der Waals surface area contributed by atoms with E-state index in [1.165, 1.54) is 21.9 Å². The quantitative estimate of drug-likeness (QED) is 0.349. The zero-order valence-corrected chi connectivity index (χ0v) is 16.2. The van der Waals surface area contributed by atoms with Crippen molar-refractivity contribution in [3.05, 3.63) is 121 Å². The molecule has 4 aromatic rings. The van der Waals surface area contributed by atoms with Crippen molar-refractivity contribution in [2.45, 2.75) is 0 Å². The fourth-order valence-electron chi connectivity index (χ4n) is 4.12. The Kier molecular flexibility index (Phi) is 6.78. The Morgan fingerprint density at radius 2 is 0.500 bits per heavy atom. The standard InChI is InChI=1S/C24H20B.BF4/c1-5-13-21(14-6-1)25(22-15-7-2-8-16-22,23-17-9-3-10-18-23)24-19-11-4-12-20-24;2-1(3,4)5/h1-20H;/q2*-1. The van der Waals surface area contributed by atoms with Crippen molar-refractivity contribution in [2.24, 2.45) is 0 Å². The first-order valence-corrected chi connectivity index (χ1v) is 9.67. The molecule has 6 heteroatoms. The number of rotatable bonds is 4. The van der Waals surface area contributed by atoms with E-state index in [0.29, 0.717) is 0 Å². The van der Waals surface area contributed by atoms with Gasteiger partial charge in [0.25, 0.3) is 0 Å². The summed E-state index contributed by atoms with van der Waals surface area (Å²) in [6, 6.07) is 43.5. The minimum Gasteiger partial charge on any atom is -0.418 e. The van der Waals surface area contributed by atoms with Crippen LogP contribution in [0.4, 0.5) is 17.3 Å². The van der Waals surface area contributed by atoms with Gasteiger partial charge in [-0.1, -0.05) is 121 Å². The predicted molar refractivity (Wildman–Crippen MR) is 120 cm³/mol. The molecule has 0 radical (unpaired) electrons. The average molecular weight is 406 g/mol. The predicted octanol–water partition coefficient (Wildman–Crippen LogP) is 4.36. The molecule has 0 heterocycles. The zero-order valence-electron chi connectivity index (χ0n) is 16.2. The Labute approximate surface area is 174 Å². The van der Waals surface area contributed by atoms with Crippen molar-refractivity contribution in [3.63, 3.8) is 0 Å². The molecule has 30 heavy (non-hydrogen) atoms. The minimum atomic E-state index is -6.00. The zero-order chi connectivity index (χ0) is 21.5. The molecule has 0 spiro atoms. The van der Waals surface area contributed by atoms with Gasteiger partial charge in [-0.2, -0.15) is 21.9 Å². The molecule has 0 saturated heterocycles. The van der Waals surface area contributed by atoms with Gasteiger partial charge in [-0.25, -0.2) is 0 Å². The minimum absolute atomic E-state index is 1.22. The van der Waals surface area contributed by atoms with Crippen LogP contribution in [0.5, 0.6) is 0 Å². The number of hydrogen-bond donors (Lipinski definition) is 0. The van der Waals surface area contributed by atoms with Gasteiger partial charge in [0.15, 0.2) is 0 Å². The molecule has 152 valence electrons. The molecule has 0 fully saturated rings. The van der Waals surface area contributed by atoms with Crippen molar-refractivity contribution in [2.75, 3.05) is 0 Å². The second kappa shape index (κ2) is 9.49. The second-order valence-corrected chi connectivity index (χ2v) is 7.00. The van der Waals surface area contributed by atoms with Crippen molar-refractivity contribution in [1.29, 1.82) is 0 Å². The first kappa shape index (κ1) is 21.4. The van der Waals surface area contributed by atoms with Crippen molar-refractivity contribution in [3.8, 4) is 0 Å². The van der Waals surface area contributed by atoms with Crippen LogP contribution < -0.4 is 21.9 Å². The molecule has 0 aliphatic carbocycles. The Morgan fingerprint density at radius 1 is 0.333 bits per heavy atom. The number of halogens is 4. The maximum atomic E-state index is 9.75. The van der Waals surface area contributed by atoms with Crippen molar-refractivity contribution < 1.29 is 17.3 Å². The second-order valence-electron chi connectivity index (χ2n) is 7.00. The summed E-state index contributed by atoms with van der Waals surface area (Å²) in [4.78, 5) is 0. The maximum Gasteiger partial charge on any atom is 0.673 e. The number of benzene rings is 4. The van der Waals surface area contributed by atoms with Crippen LogP contribution in [0.1, 0.15) is 0 Å². The summed E-state index contributed by atoms with van der Waals surface area (Å²) >= 11 is 0. The summed E-state index contributed by atoms with van der Waals surface area (Å²) in [6.45, 7) is 0. The summed E-state index contributed by atoms with van der Waals surface area (Å²) in [7, 11) is -6.00. The Hall–Kier alpha value is -3.27. The Bertz CT molecular complexity index is 853. The van der Waals surface area contributed by atoms with Crippen LogP contribution in [0.15, 0.2) is 121 Å². The highest BCUT2D eigenvalue weighted by Gasteiger charge is 2.31. The lowest BCUT2D eigenvalue weighted by Crippen LogP contribution is -2.74. The first-order valence-electron chi connectivity index (χ1n) is 9.67. The molecular formula is C24H20B2F4-2. The monoisotopic (exact) mass is 406 g/mol. The van der Waals surface area contributed by atoms with E-state index in [1.54, 1.807) is 0 Å². The third kappa shape index (κ3) is 5.01. The molecule has 4 rings (SSSR count). The fraction of sp³-hybridized carbons (Fsp3) is 0. The molecule has 4 aromatic carbocycles. The van der Waals surface area contributed by atoms with Gasteiger partial charge in [0, 0.05) is 0 Å². The van der Waals surface area contributed by atoms with Gasteiger partial charge >= 0.3 is 7.25 Å². The molecule has 0 saturated carbocycles. The molecule has 0 amide bonds. The Balaban J connectivity index is 0.000000461. The lowest BCUT2D eigenvalue weighted by atomic mass is 9.13. The van der Waals surface area contributed by atoms with Gasteiger partial charge in [0.1, 0.15) is 6.15 Å². The molecule has 0 aromatic heterocycles. The van der Waals surface area contributed by atoms with E-state index in [2.05, 4.69) is 121 Å².